The molecule has 0 aromatic rings. The largest absolute Gasteiger partial charge is 0.316 e. The maximum atomic E-state index is 11.7. The molecule has 0 aliphatic carbocycles. The monoisotopic (exact) mass is 232 g/mol. The van der Waals surface area contributed by atoms with Gasteiger partial charge in [-0.15, -0.1) is 6.42 Å². The summed E-state index contributed by atoms with van der Waals surface area (Å²) in [5.74, 6) is 2.47. The SMILES string of the molecule is C#CCN(CC)S(=O)(=O)CCNCCC. The van der Waals surface area contributed by atoms with Crippen LogP contribution < -0.4 is 5.32 Å². The van der Waals surface area contributed by atoms with E-state index < -0.39 is 10.0 Å². The van der Waals surface area contributed by atoms with Crippen LogP contribution in [0.15, 0.2) is 0 Å². The zero-order chi connectivity index (χ0) is 11.7. The first kappa shape index (κ1) is 14.4. The Morgan fingerprint density at radius 3 is 2.47 bits per heavy atom. The molecule has 0 heterocycles. The van der Waals surface area contributed by atoms with Gasteiger partial charge in [-0.3, -0.25) is 0 Å². The van der Waals surface area contributed by atoms with Crippen LogP contribution in [0, 0.1) is 12.3 Å². The molecule has 0 amide bonds. The summed E-state index contributed by atoms with van der Waals surface area (Å²) in [6, 6.07) is 0. The summed E-state index contributed by atoms with van der Waals surface area (Å²) < 4.78 is 24.7. The van der Waals surface area contributed by atoms with Crippen molar-refractivity contribution in [2.24, 2.45) is 0 Å². The first-order valence-electron chi connectivity index (χ1n) is 5.20. The number of hydrogen-bond acceptors (Lipinski definition) is 3. The fourth-order valence-electron chi connectivity index (χ4n) is 1.14. The molecule has 88 valence electrons. The molecule has 0 aromatic heterocycles. The zero-order valence-electron chi connectivity index (χ0n) is 9.49. The molecule has 0 unspecified atom stereocenters. The molecule has 4 nitrogen and oxygen atoms in total. The number of hydrogen-bond donors (Lipinski definition) is 1. The average molecular weight is 232 g/mol. The minimum atomic E-state index is -3.19. The molecule has 15 heavy (non-hydrogen) atoms. The summed E-state index contributed by atoms with van der Waals surface area (Å²) in [7, 11) is -3.19. The van der Waals surface area contributed by atoms with E-state index in [0.29, 0.717) is 13.1 Å². The van der Waals surface area contributed by atoms with Crippen LogP contribution in [0.3, 0.4) is 0 Å². The average Bonchev–Trinajstić information content (AvgIpc) is 2.20. The lowest BCUT2D eigenvalue weighted by atomic mass is 10.5. The van der Waals surface area contributed by atoms with E-state index in [4.69, 9.17) is 6.42 Å². The van der Waals surface area contributed by atoms with Crippen molar-refractivity contribution in [1.29, 1.82) is 0 Å². The maximum absolute atomic E-state index is 11.7. The molecule has 0 fully saturated rings. The van der Waals surface area contributed by atoms with Crippen molar-refractivity contribution in [3.05, 3.63) is 0 Å². The standard InChI is InChI=1S/C10H20N2O2S/c1-4-7-11-8-10-15(13,14)12(6-3)9-5-2/h2,11H,4,6-10H2,1,3H3. The summed E-state index contributed by atoms with van der Waals surface area (Å²) in [6.45, 7) is 5.74. The van der Waals surface area contributed by atoms with E-state index in [1.165, 1.54) is 4.31 Å². The van der Waals surface area contributed by atoms with Gasteiger partial charge in [0.15, 0.2) is 0 Å². The smallest absolute Gasteiger partial charge is 0.216 e. The third-order valence-corrected chi connectivity index (χ3v) is 3.87. The van der Waals surface area contributed by atoms with Crippen LogP contribution in [0.2, 0.25) is 0 Å². The van der Waals surface area contributed by atoms with E-state index >= 15 is 0 Å². The van der Waals surface area contributed by atoms with Crippen molar-refractivity contribution in [2.45, 2.75) is 20.3 Å². The fourth-order valence-corrected chi connectivity index (χ4v) is 2.47. The van der Waals surface area contributed by atoms with Gasteiger partial charge in [0.05, 0.1) is 12.3 Å². The van der Waals surface area contributed by atoms with Gasteiger partial charge in [-0.1, -0.05) is 19.8 Å². The van der Waals surface area contributed by atoms with Crippen molar-refractivity contribution in [3.63, 3.8) is 0 Å². The van der Waals surface area contributed by atoms with E-state index in [0.717, 1.165) is 13.0 Å². The van der Waals surface area contributed by atoms with Crippen molar-refractivity contribution >= 4 is 10.0 Å². The van der Waals surface area contributed by atoms with E-state index in [1.54, 1.807) is 6.92 Å². The maximum Gasteiger partial charge on any atom is 0.216 e. The minimum Gasteiger partial charge on any atom is -0.316 e. The Morgan fingerprint density at radius 2 is 2.00 bits per heavy atom. The lowest BCUT2D eigenvalue weighted by Gasteiger charge is -2.17. The molecular weight excluding hydrogens is 212 g/mol. The van der Waals surface area contributed by atoms with Gasteiger partial charge in [-0.25, -0.2) is 8.42 Å². The van der Waals surface area contributed by atoms with E-state index in [9.17, 15) is 8.42 Å². The van der Waals surface area contributed by atoms with Gasteiger partial charge < -0.3 is 5.32 Å². The van der Waals surface area contributed by atoms with Crippen molar-refractivity contribution in [3.8, 4) is 12.3 Å². The molecule has 0 rings (SSSR count). The van der Waals surface area contributed by atoms with Gasteiger partial charge in [0, 0.05) is 13.1 Å². The summed E-state index contributed by atoms with van der Waals surface area (Å²) >= 11 is 0. The fraction of sp³-hybridized carbons (Fsp3) is 0.800. The van der Waals surface area contributed by atoms with Gasteiger partial charge in [-0.2, -0.15) is 4.31 Å². The highest BCUT2D eigenvalue weighted by atomic mass is 32.2. The highest BCUT2D eigenvalue weighted by Crippen LogP contribution is 1.99. The molecule has 0 saturated heterocycles. The number of rotatable bonds is 8. The van der Waals surface area contributed by atoms with Crippen LogP contribution in [0.5, 0.6) is 0 Å². The van der Waals surface area contributed by atoms with E-state index in [2.05, 4.69) is 11.2 Å². The first-order valence-corrected chi connectivity index (χ1v) is 6.81. The highest BCUT2D eigenvalue weighted by molar-refractivity contribution is 7.89. The molecule has 0 bridgehead atoms. The summed E-state index contributed by atoms with van der Waals surface area (Å²) in [4.78, 5) is 0. The Bertz CT molecular complexity index is 293. The van der Waals surface area contributed by atoms with Gasteiger partial charge in [0.25, 0.3) is 0 Å². The molecule has 1 N–H and O–H groups in total. The van der Waals surface area contributed by atoms with Crippen LogP contribution in [0.4, 0.5) is 0 Å². The molecule has 0 aromatic carbocycles. The second kappa shape index (κ2) is 7.69. The Morgan fingerprint density at radius 1 is 1.33 bits per heavy atom. The third-order valence-electron chi connectivity index (χ3n) is 1.98. The molecule has 0 atom stereocenters. The van der Waals surface area contributed by atoms with Crippen molar-refractivity contribution in [1.82, 2.24) is 9.62 Å². The van der Waals surface area contributed by atoms with Crippen LogP contribution >= 0.6 is 0 Å². The summed E-state index contributed by atoms with van der Waals surface area (Å²) in [5.41, 5.74) is 0. The van der Waals surface area contributed by atoms with Crippen LogP contribution in [-0.2, 0) is 10.0 Å². The Balaban J connectivity index is 4.10. The highest BCUT2D eigenvalue weighted by Gasteiger charge is 2.18. The predicted molar refractivity (Wildman–Crippen MR) is 63.0 cm³/mol. The summed E-state index contributed by atoms with van der Waals surface area (Å²) in [5, 5.41) is 3.05. The second-order valence-corrected chi connectivity index (χ2v) is 5.28. The van der Waals surface area contributed by atoms with Gasteiger partial charge in [0.2, 0.25) is 10.0 Å². The molecular formula is C10H20N2O2S. The number of nitrogens with one attached hydrogen (secondary N) is 1. The summed E-state index contributed by atoms with van der Waals surface area (Å²) in [6.07, 6.45) is 6.11. The van der Waals surface area contributed by atoms with Gasteiger partial charge in [-0.05, 0) is 13.0 Å². The third kappa shape index (κ3) is 5.78. The molecule has 0 aliphatic heterocycles. The van der Waals surface area contributed by atoms with Crippen molar-refractivity contribution in [2.75, 3.05) is 31.9 Å². The number of terminal acetylenes is 1. The van der Waals surface area contributed by atoms with Gasteiger partial charge in [0.1, 0.15) is 0 Å². The zero-order valence-corrected chi connectivity index (χ0v) is 10.3. The van der Waals surface area contributed by atoms with Crippen LogP contribution in [0.25, 0.3) is 0 Å². The van der Waals surface area contributed by atoms with E-state index in [1.807, 2.05) is 6.92 Å². The lowest BCUT2D eigenvalue weighted by Crippen LogP contribution is -2.36. The first-order chi connectivity index (χ1) is 7.08. The van der Waals surface area contributed by atoms with Crippen LogP contribution in [0.1, 0.15) is 20.3 Å². The normalized spacial score (nSPS) is 11.6. The molecule has 5 heteroatoms. The Hall–Kier alpha value is -0.570. The second-order valence-electron chi connectivity index (χ2n) is 3.20. The van der Waals surface area contributed by atoms with Crippen molar-refractivity contribution < 1.29 is 8.42 Å². The van der Waals surface area contributed by atoms with Crippen LogP contribution in [-0.4, -0.2) is 44.7 Å². The molecule has 0 radical (unpaired) electrons. The number of sulfonamides is 1. The predicted octanol–water partition coefficient (Wildman–Crippen LogP) is 0.271. The molecule has 0 spiro atoms. The Kier molecular flexibility index (Phi) is 7.39. The number of nitrogens with zero attached hydrogens (tertiary/aromatic N) is 1. The topological polar surface area (TPSA) is 49.4 Å². The Labute approximate surface area is 93.1 Å². The minimum absolute atomic E-state index is 0.114. The lowest BCUT2D eigenvalue weighted by molar-refractivity contribution is 0.462. The molecule has 0 saturated carbocycles. The quantitative estimate of drug-likeness (QED) is 0.483. The van der Waals surface area contributed by atoms with Gasteiger partial charge >= 0.3 is 0 Å². The molecule has 0 aliphatic rings. The van der Waals surface area contributed by atoms with E-state index in [-0.39, 0.29) is 12.3 Å².